The van der Waals surface area contributed by atoms with Crippen LogP contribution in [0.1, 0.15) is 44.7 Å². The number of fused-ring (bicyclic) bond motifs is 1. The third-order valence-electron chi connectivity index (χ3n) is 4.66. The van der Waals surface area contributed by atoms with Gasteiger partial charge in [-0.15, -0.1) is 0 Å². The molecule has 3 unspecified atom stereocenters. The maximum absolute atomic E-state index is 5.81. The lowest BCUT2D eigenvalue weighted by molar-refractivity contribution is 0.0633. The van der Waals surface area contributed by atoms with Crippen LogP contribution in [-0.4, -0.2) is 36.7 Å². The first-order valence-corrected chi connectivity index (χ1v) is 8.00. The molecule has 0 saturated carbocycles. The lowest BCUT2D eigenvalue weighted by Crippen LogP contribution is -2.56. The summed E-state index contributed by atoms with van der Waals surface area (Å²) in [7, 11) is 0. The minimum absolute atomic E-state index is 0.524. The smallest absolute Gasteiger partial charge is 0.124 e. The molecule has 0 spiro atoms. The molecule has 2 aliphatic heterocycles. The number of hydrogen-bond donors (Lipinski definition) is 1. The van der Waals surface area contributed by atoms with E-state index in [2.05, 4.69) is 48.3 Å². The highest BCUT2D eigenvalue weighted by Gasteiger charge is 2.33. The van der Waals surface area contributed by atoms with Gasteiger partial charge in [0.2, 0.25) is 0 Å². The SMILES string of the molecule is CCCC1CN(C2CCOc3ccccc32)C(C)CN1. The molecule has 1 fully saturated rings. The van der Waals surface area contributed by atoms with Crippen LogP contribution in [0.25, 0.3) is 0 Å². The molecule has 110 valence electrons. The number of hydrogen-bond acceptors (Lipinski definition) is 3. The minimum Gasteiger partial charge on any atom is -0.493 e. The molecule has 0 radical (unpaired) electrons. The monoisotopic (exact) mass is 274 g/mol. The molecule has 2 aliphatic rings. The van der Waals surface area contributed by atoms with E-state index in [1.807, 2.05) is 0 Å². The Bertz CT molecular complexity index is 448. The molecule has 1 aromatic carbocycles. The van der Waals surface area contributed by atoms with Crippen molar-refractivity contribution in [1.82, 2.24) is 10.2 Å². The number of benzene rings is 1. The van der Waals surface area contributed by atoms with Gasteiger partial charge in [-0.25, -0.2) is 0 Å². The minimum atomic E-state index is 0.524. The first kappa shape index (κ1) is 13.9. The summed E-state index contributed by atoms with van der Waals surface area (Å²) in [5, 5.41) is 3.69. The zero-order valence-corrected chi connectivity index (χ0v) is 12.6. The Morgan fingerprint density at radius 2 is 2.20 bits per heavy atom. The number of piperazine rings is 1. The standard InChI is InChI=1S/C17H26N2O/c1-3-6-14-12-19(13(2)11-18-14)16-9-10-20-17-8-5-4-7-15(16)17/h4-5,7-8,13-14,16,18H,3,6,9-12H2,1-2H3. The van der Waals surface area contributed by atoms with Gasteiger partial charge in [-0.2, -0.15) is 0 Å². The molecule has 1 saturated heterocycles. The van der Waals surface area contributed by atoms with Crippen LogP contribution in [0.15, 0.2) is 24.3 Å². The van der Waals surface area contributed by atoms with Gasteiger partial charge in [0.15, 0.2) is 0 Å². The van der Waals surface area contributed by atoms with Crippen LogP contribution in [0.5, 0.6) is 5.75 Å². The van der Waals surface area contributed by atoms with Crippen molar-refractivity contribution in [1.29, 1.82) is 0 Å². The second-order valence-corrected chi connectivity index (χ2v) is 6.13. The van der Waals surface area contributed by atoms with Gasteiger partial charge in [0, 0.05) is 43.2 Å². The third-order valence-corrected chi connectivity index (χ3v) is 4.66. The molecule has 0 bridgehead atoms. The van der Waals surface area contributed by atoms with Crippen LogP contribution in [0, 0.1) is 0 Å². The summed E-state index contributed by atoms with van der Waals surface area (Å²) in [5.74, 6) is 1.08. The van der Waals surface area contributed by atoms with Crippen molar-refractivity contribution in [2.75, 3.05) is 19.7 Å². The van der Waals surface area contributed by atoms with Crippen molar-refractivity contribution in [3.05, 3.63) is 29.8 Å². The first-order valence-electron chi connectivity index (χ1n) is 8.00. The second kappa shape index (κ2) is 6.15. The molecule has 1 N–H and O–H groups in total. The molecule has 0 amide bonds. The van der Waals surface area contributed by atoms with E-state index in [-0.39, 0.29) is 0 Å². The Morgan fingerprint density at radius 1 is 1.35 bits per heavy atom. The predicted octanol–water partition coefficient (Wildman–Crippen LogP) is 2.97. The van der Waals surface area contributed by atoms with E-state index < -0.39 is 0 Å². The van der Waals surface area contributed by atoms with E-state index in [0.29, 0.717) is 18.1 Å². The quantitative estimate of drug-likeness (QED) is 0.917. The number of ether oxygens (including phenoxy) is 1. The predicted molar refractivity (Wildman–Crippen MR) is 82.2 cm³/mol. The maximum Gasteiger partial charge on any atom is 0.124 e. The van der Waals surface area contributed by atoms with E-state index in [9.17, 15) is 0 Å². The van der Waals surface area contributed by atoms with E-state index in [4.69, 9.17) is 4.74 Å². The van der Waals surface area contributed by atoms with Gasteiger partial charge >= 0.3 is 0 Å². The van der Waals surface area contributed by atoms with Crippen LogP contribution in [0.4, 0.5) is 0 Å². The summed E-state index contributed by atoms with van der Waals surface area (Å²) < 4.78 is 5.81. The number of nitrogens with zero attached hydrogens (tertiary/aromatic N) is 1. The molecule has 0 aromatic heterocycles. The molecule has 3 heteroatoms. The molecule has 2 heterocycles. The third kappa shape index (κ3) is 2.70. The van der Waals surface area contributed by atoms with Gasteiger partial charge in [-0.1, -0.05) is 31.5 Å². The van der Waals surface area contributed by atoms with Crippen LogP contribution in [0.2, 0.25) is 0 Å². The zero-order valence-electron chi connectivity index (χ0n) is 12.6. The topological polar surface area (TPSA) is 24.5 Å². The summed E-state index contributed by atoms with van der Waals surface area (Å²) in [6.45, 7) is 7.72. The number of nitrogens with one attached hydrogen (secondary N) is 1. The Hall–Kier alpha value is -1.06. The molecular weight excluding hydrogens is 248 g/mol. The van der Waals surface area contributed by atoms with Gasteiger partial charge in [0.05, 0.1) is 6.61 Å². The van der Waals surface area contributed by atoms with Crippen molar-refractivity contribution in [3.8, 4) is 5.75 Å². The fourth-order valence-electron chi connectivity index (χ4n) is 3.60. The van der Waals surface area contributed by atoms with Gasteiger partial charge < -0.3 is 10.1 Å². The summed E-state index contributed by atoms with van der Waals surface area (Å²) in [5.41, 5.74) is 1.38. The summed E-state index contributed by atoms with van der Waals surface area (Å²) >= 11 is 0. The molecule has 20 heavy (non-hydrogen) atoms. The van der Waals surface area contributed by atoms with E-state index in [0.717, 1.165) is 31.9 Å². The molecule has 1 aromatic rings. The van der Waals surface area contributed by atoms with Crippen LogP contribution >= 0.6 is 0 Å². The maximum atomic E-state index is 5.81. The van der Waals surface area contributed by atoms with Crippen LogP contribution in [0.3, 0.4) is 0 Å². The molecule has 3 atom stereocenters. The molecule has 3 nitrogen and oxygen atoms in total. The van der Waals surface area contributed by atoms with Crippen molar-refractivity contribution in [2.45, 2.75) is 51.2 Å². The van der Waals surface area contributed by atoms with Crippen molar-refractivity contribution < 1.29 is 4.74 Å². The van der Waals surface area contributed by atoms with Crippen LogP contribution in [-0.2, 0) is 0 Å². The van der Waals surface area contributed by atoms with E-state index in [1.54, 1.807) is 0 Å². The van der Waals surface area contributed by atoms with Gasteiger partial charge in [0.25, 0.3) is 0 Å². The Kier molecular flexibility index (Phi) is 4.27. The highest BCUT2D eigenvalue weighted by Crippen LogP contribution is 2.37. The lowest BCUT2D eigenvalue weighted by atomic mass is 9.95. The molecule has 0 aliphatic carbocycles. The summed E-state index contributed by atoms with van der Waals surface area (Å²) in [6.07, 6.45) is 3.64. The summed E-state index contributed by atoms with van der Waals surface area (Å²) in [4.78, 5) is 2.69. The highest BCUT2D eigenvalue weighted by atomic mass is 16.5. The van der Waals surface area contributed by atoms with Crippen molar-refractivity contribution in [3.63, 3.8) is 0 Å². The Labute approximate surface area is 122 Å². The largest absolute Gasteiger partial charge is 0.493 e. The molecule has 3 rings (SSSR count). The van der Waals surface area contributed by atoms with Gasteiger partial charge in [-0.05, 0) is 19.4 Å². The van der Waals surface area contributed by atoms with Gasteiger partial charge in [-0.3, -0.25) is 4.90 Å². The summed E-state index contributed by atoms with van der Waals surface area (Å²) in [6, 6.07) is 10.3. The average molecular weight is 274 g/mol. The zero-order chi connectivity index (χ0) is 13.9. The van der Waals surface area contributed by atoms with Crippen molar-refractivity contribution >= 4 is 0 Å². The Morgan fingerprint density at radius 3 is 3.05 bits per heavy atom. The second-order valence-electron chi connectivity index (χ2n) is 6.13. The normalized spacial score (nSPS) is 30.6. The number of para-hydroxylation sites is 1. The van der Waals surface area contributed by atoms with Gasteiger partial charge in [0.1, 0.15) is 5.75 Å². The fraction of sp³-hybridized carbons (Fsp3) is 0.647. The van der Waals surface area contributed by atoms with E-state index >= 15 is 0 Å². The Balaban J connectivity index is 1.81. The van der Waals surface area contributed by atoms with Crippen molar-refractivity contribution in [2.24, 2.45) is 0 Å². The van der Waals surface area contributed by atoms with E-state index in [1.165, 1.54) is 18.4 Å². The first-order chi connectivity index (χ1) is 9.79. The average Bonchev–Trinajstić information content (AvgIpc) is 2.49. The highest BCUT2D eigenvalue weighted by molar-refractivity contribution is 5.37. The molecular formula is C17H26N2O. The lowest BCUT2D eigenvalue weighted by Gasteiger charge is -2.45. The fourth-order valence-corrected chi connectivity index (χ4v) is 3.60. The van der Waals surface area contributed by atoms with Crippen LogP contribution < -0.4 is 10.1 Å². The number of rotatable bonds is 3.